The van der Waals surface area contributed by atoms with Crippen molar-refractivity contribution in [1.29, 1.82) is 0 Å². The monoisotopic (exact) mass is 390 g/mol. The van der Waals surface area contributed by atoms with Crippen LogP contribution >= 0.6 is 0 Å². The summed E-state index contributed by atoms with van der Waals surface area (Å²) in [6.45, 7) is 6.03. The molecule has 1 aromatic carbocycles. The van der Waals surface area contributed by atoms with Crippen LogP contribution in [0.5, 0.6) is 0 Å². The van der Waals surface area contributed by atoms with Crippen molar-refractivity contribution in [2.75, 3.05) is 0 Å². The van der Waals surface area contributed by atoms with Crippen molar-refractivity contribution in [2.45, 2.75) is 90.4 Å². The summed E-state index contributed by atoms with van der Waals surface area (Å²) in [4.78, 5) is 0. The van der Waals surface area contributed by atoms with Gasteiger partial charge in [0.1, 0.15) is 0 Å². The first-order valence-corrected chi connectivity index (χ1v) is 12.6. The summed E-state index contributed by atoms with van der Waals surface area (Å²) in [5.74, 6) is 5.08. The molecule has 3 aliphatic rings. The summed E-state index contributed by atoms with van der Waals surface area (Å²) in [5, 5.41) is 0. The molecule has 3 aliphatic carbocycles. The number of aryl methyl sites for hydroxylation is 2. The fourth-order valence-corrected chi connectivity index (χ4v) is 6.87. The van der Waals surface area contributed by atoms with E-state index >= 15 is 0 Å². The van der Waals surface area contributed by atoms with Gasteiger partial charge in [-0.3, -0.25) is 0 Å². The zero-order valence-electron chi connectivity index (χ0n) is 18.8. The Morgan fingerprint density at radius 1 is 0.897 bits per heavy atom. The maximum atomic E-state index is 3.87. The molecule has 0 aromatic heterocycles. The third kappa shape index (κ3) is 5.25. The van der Waals surface area contributed by atoms with Gasteiger partial charge in [0.15, 0.2) is 0 Å². The van der Waals surface area contributed by atoms with Gasteiger partial charge in [-0.25, -0.2) is 0 Å². The lowest BCUT2D eigenvalue weighted by atomic mass is 9.61. The highest BCUT2D eigenvalue weighted by Gasteiger charge is 2.38. The minimum absolute atomic E-state index is 0.954. The Balaban J connectivity index is 1.30. The van der Waals surface area contributed by atoms with Gasteiger partial charge in [0.2, 0.25) is 0 Å². The zero-order valence-corrected chi connectivity index (χ0v) is 18.8. The first-order valence-electron chi connectivity index (χ1n) is 12.6. The largest absolute Gasteiger partial charge is 0.103 e. The Labute approximate surface area is 179 Å². The fraction of sp³-hybridized carbons (Fsp3) is 0.655. The summed E-state index contributed by atoms with van der Waals surface area (Å²) in [7, 11) is 0. The van der Waals surface area contributed by atoms with Gasteiger partial charge in [0, 0.05) is 0 Å². The first kappa shape index (κ1) is 21.0. The van der Waals surface area contributed by atoms with E-state index in [1.54, 1.807) is 17.5 Å². The van der Waals surface area contributed by atoms with Gasteiger partial charge in [-0.15, -0.1) is 6.58 Å². The average Bonchev–Trinajstić information content (AvgIpc) is 2.77. The van der Waals surface area contributed by atoms with Gasteiger partial charge >= 0.3 is 0 Å². The summed E-state index contributed by atoms with van der Waals surface area (Å²) in [6.07, 6.45) is 24.9. The molecule has 0 nitrogen and oxygen atoms in total. The highest BCUT2D eigenvalue weighted by Crippen LogP contribution is 2.49. The second-order valence-electron chi connectivity index (χ2n) is 10.4. The number of hydrogen-bond acceptors (Lipinski definition) is 0. The normalized spacial score (nSPS) is 32.0. The van der Waals surface area contributed by atoms with Gasteiger partial charge < -0.3 is 0 Å². The first-order chi connectivity index (χ1) is 14.3. The Morgan fingerprint density at radius 3 is 2.52 bits per heavy atom. The number of fused-ring (bicyclic) bond motifs is 2. The quantitative estimate of drug-likeness (QED) is 0.412. The van der Waals surface area contributed by atoms with Gasteiger partial charge in [0.25, 0.3) is 0 Å². The van der Waals surface area contributed by atoms with Crippen LogP contribution in [0, 0.1) is 29.6 Å². The number of hydrogen-bond donors (Lipinski definition) is 0. The molecule has 2 saturated carbocycles. The van der Waals surface area contributed by atoms with E-state index in [9.17, 15) is 0 Å². The van der Waals surface area contributed by atoms with E-state index in [4.69, 9.17) is 0 Å². The molecule has 0 amide bonds. The molecule has 1 aromatic rings. The molecule has 158 valence electrons. The topological polar surface area (TPSA) is 0 Å². The third-order valence-electron chi connectivity index (χ3n) is 8.58. The molecule has 29 heavy (non-hydrogen) atoms. The smallest absolute Gasteiger partial charge is 0.0244 e. The summed E-state index contributed by atoms with van der Waals surface area (Å²) in [5.41, 5.74) is 4.82. The maximum Gasteiger partial charge on any atom is -0.0244 e. The fourth-order valence-electron chi connectivity index (χ4n) is 6.87. The lowest BCUT2D eigenvalue weighted by Crippen LogP contribution is -2.35. The SMILES string of the molecule is C=CCCc1ccc2c(c1)CCC(C1CCC3C[C@H](CCC=CC)CC[C@@H]3C1)C2. The van der Waals surface area contributed by atoms with Gasteiger partial charge in [0.05, 0.1) is 0 Å². The van der Waals surface area contributed by atoms with E-state index in [2.05, 4.69) is 43.9 Å². The molecule has 0 spiro atoms. The van der Waals surface area contributed by atoms with Crippen LogP contribution in [0.4, 0.5) is 0 Å². The standard InChI is InChI=1S/C29H42/c1-3-5-7-9-23-11-13-27-21-29(17-15-25(27)19-23)28-16-14-24-18-22(8-6-4-2)10-12-26(24)20-28/h3-5,10,12,18,23,25,27-29H,2,6-9,11,13-17,19-21H2,1H3/t23-,25?,27-,28?,29?/m1/s1. The van der Waals surface area contributed by atoms with E-state index in [-0.39, 0.29) is 0 Å². The Kier molecular flexibility index (Phi) is 7.33. The van der Waals surface area contributed by atoms with Crippen LogP contribution in [-0.4, -0.2) is 0 Å². The highest BCUT2D eigenvalue weighted by atomic mass is 14.4. The van der Waals surface area contributed by atoms with Crippen LogP contribution in [0.2, 0.25) is 0 Å². The van der Waals surface area contributed by atoms with Crippen LogP contribution in [0.15, 0.2) is 43.0 Å². The summed E-state index contributed by atoms with van der Waals surface area (Å²) in [6, 6.07) is 7.35. The number of allylic oxidation sites excluding steroid dienone is 3. The van der Waals surface area contributed by atoms with Crippen LogP contribution in [-0.2, 0) is 19.3 Å². The summed E-state index contributed by atoms with van der Waals surface area (Å²) >= 11 is 0. The van der Waals surface area contributed by atoms with Crippen molar-refractivity contribution >= 4 is 0 Å². The molecular formula is C29H42. The van der Waals surface area contributed by atoms with E-state index in [1.807, 2.05) is 6.08 Å². The molecule has 4 rings (SSSR count). The molecular weight excluding hydrogens is 348 g/mol. The molecule has 0 N–H and O–H groups in total. The zero-order chi connectivity index (χ0) is 20.1. The molecule has 0 aliphatic heterocycles. The van der Waals surface area contributed by atoms with Crippen LogP contribution in [0.25, 0.3) is 0 Å². The molecule has 0 saturated heterocycles. The van der Waals surface area contributed by atoms with Crippen LogP contribution in [0.1, 0.15) is 87.8 Å². The average molecular weight is 391 g/mol. The summed E-state index contributed by atoms with van der Waals surface area (Å²) < 4.78 is 0. The van der Waals surface area contributed by atoms with E-state index in [1.165, 1.54) is 69.8 Å². The Morgan fingerprint density at radius 2 is 1.69 bits per heavy atom. The Bertz CT molecular complexity index is 696. The second-order valence-corrected chi connectivity index (χ2v) is 10.4. The predicted octanol–water partition coefficient (Wildman–Crippen LogP) is 8.10. The highest BCUT2D eigenvalue weighted by molar-refractivity contribution is 5.34. The minimum Gasteiger partial charge on any atom is -0.103 e. The van der Waals surface area contributed by atoms with Crippen LogP contribution < -0.4 is 0 Å². The van der Waals surface area contributed by atoms with Gasteiger partial charge in [-0.05, 0) is 130 Å². The molecule has 0 bridgehead atoms. The minimum atomic E-state index is 0.954. The molecule has 5 atom stereocenters. The molecule has 3 unspecified atom stereocenters. The van der Waals surface area contributed by atoms with Gasteiger partial charge in [-0.1, -0.05) is 42.8 Å². The van der Waals surface area contributed by atoms with Crippen molar-refractivity contribution in [3.8, 4) is 0 Å². The maximum absolute atomic E-state index is 3.87. The van der Waals surface area contributed by atoms with Gasteiger partial charge in [-0.2, -0.15) is 0 Å². The van der Waals surface area contributed by atoms with Crippen LogP contribution in [0.3, 0.4) is 0 Å². The van der Waals surface area contributed by atoms with E-state index in [0.717, 1.165) is 42.4 Å². The molecule has 2 fully saturated rings. The van der Waals surface area contributed by atoms with E-state index in [0.29, 0.717) is 0 Å². The van der Waals surface area contributed by atoms with Crippen molar-refractivity contribution in [1.82, 2.24) is 0 Å². The lowest BCUT2D eigenvalue weighted by Gasteiger charge is -2.45. The van der Waals surface area contributed by atoms with Crippen molar-refractivity contribution in [2.24, 2.45) is 29.6 Å². The second kappa shape index (κ2) is 10.1. The third-order valence-corrected chi connectivity index (χ3v) is 8.58. The Hall–Kier alpha value is -1.30. The molecule has 0 heterocycles. The lowest BCUT2D eigenvalue weighted by molar-refractivity contribution is 0.0699. The van der Waals surface area contributed by atoms with E-state index < -0.39 is 0 Å². The van der Waals surface area contributed by atoms with Crippen molar-refractivity contribution < 1.29 is 0 Å². The van der Waals surface area contributed by atoms with Crippen molar-refractivity contribution in [3.05, 3.63) is 59.7 Å². The van der Waals surface area contributed by atoms with Crippen molar-refractivity contribution in [3.63, 3.8) is 0 Å². The number of rotatable bonds is 7. The predicted molar refractivity (Wildman–Crippen MR) is 126 cm³/mol. The molecule has 0 radical (unpaired) electrons. The molecule has 0 heteroatoms. The number of benzene rings is 1.